The third-order valence-corrected chi connectivity index (χ3v) is 7.14. The molecule has 1 fully saturated rings. The summed E-state index contributed by atoms with van der Waals surface area (Å²) in [6.45, 7) is 5.02. The number of aromatic nitrogens is 1. The molecule has 1 saturated heterocycles. The molecule has 180 valence electrons. The number of Topliss-reactive ketones (excluding diaryl/α,β-unsaturated/α-hetero) is 1. The van der Waals surface area contributed by atoms with E-state index in [0.29, 0.717) is 21.3 Å². The van der Waals surface area contributed by atoms with E-state index in [1.54, 1.807) is 45.0 Å². The number of amides is 1. The molecule has 1 unspecified atom stereocenters. The Kier molecular flexibility index (Phi) is 6.86. The smallest absolute Gasteiger partial charge is 0.350 e. The number of carbonyl (C=O) groups is 3. The lowest BCUT2D eigenvalue weighted by molar-refractivity contribution is -0.132. The lowest BCUT2D eigenvalue weighted by Crippen LogP contribution is -2.29. The van der Waals surface area contributed by atoms with Gasteiger partial charge in [-0.25, -0.2) is 14.2 Å². The second kappa shape index (κ2) is 9.71. The van der Waals surface area contributed by atoms with Gasteiger partial charge in [-0.2, -0.15) is 0 Å². The van der Waals surface area contributed by atoms with Crippen molar-refractivity contribution in [2.24, 2.45) is 0 Å². The molecule has 3 aromatic rings. The van der Waals surface area contributed by atoms with Crippen LogP contribution in [0.25, 0.3) is 5.76 Å². The zero-order valence-corrected chi connectivity index (χ0v) is 21.4. The fourth-order valence-electron chi connectivity index (χ4n) is 3.79. The van der Waals surface area contributed by atoms with E-state index in [1.807, 2.05) is 0 Å². The van der Waals surface area contributed by atoms with E-state index in [4.69, 9.17) is 4.74 Å². The standard InChI is InChI=1S/C25H20BrFN2O5S/c1-4-34-24(33)22-13(3)28-25(35-22)29-19(14-6-5-7-16(26)10-14)18(21(31)23(29)32)20(30)15-9-8-12(2)17(27)11-15/h5-11,19,30H,4H2,1-3H3/b20-18-. The van der Waals surface area contributed by atoms with Crippen LogP contribution in [0.15, 0.2) is 52.5 Å². The number of hydrogen-bond acceptors (Lipinski definition) is 7. The molecule has 1 aliphatic heterocycles. The van der Waals surface area contributed by atoms with Gasteiger partial charge >= 0.3 is 11.9 Å². The van der Waals surface area contributed by atoms with Crippen LogP contribution < -0.4 is 4.90 Å². The number of halogens is 2. The normalized spacial score (nSPS) is 17.2. The van der Waals surface area contributed by atoms with Gasteiger partial charge in [-0.15, -0.1) is 0 Å². The van der Waals surface area contributed by atoms with Crippen molar-refractivity contribution in [3.63, 3.8) is 0 Å². The van der Waals surface area contributed by atoms with Crippen LogP contribution in [0.5, 0.6) is 0 Å². The molecule has 0 bridgehead atoms. The fourth-order valence-corrected chi connectivity index (χ4v) is 5.19. The highest BCUT2D eigenvalue weighted by molar-refractivity contribution is 9.10. The SMILES string of the molecule is CCOC(=O)c1sc(N2C(=O)C(=O)/C(=C(\O)c3ccc(C)c(F)c3)C2c2cccc(Br)c2)nc1C. The molecular weight excluding hydrogens is 539 g/mol. The van der Waals surface area contributed by atoms with E-state index in [9.17, 15) is 23.9 Å². The molecule has 0 saturated carbocycles. The minimum absolute atomic E-state index is 0.0635. The summed E-state index contributed by atoms with van der Waals surface area (Å²) >= 11 is 4.31. The molecule has 0 spiro atoms. The molecule has 4 rings (SSSR count). The van der Waals surface area contributed by atoms with Gasteiger partial charge in [0.15, 0.2) is 5.13 Å². The van der Waals surface area contributed by atoms with Crippen molar-refractivity contribution in [3.05, 3.63) is 85.6 Å². The average molecular weight is 559 g/mol. The summed E-state index contributed by atoms with van der Waals surface area (Å²) < 4.78 is 20.0. The Hall–Kier alpha value is -3.37. The van der Waals surface area contributed by atoms with Crippen molar-refractivity contribution in [1.82, 2.24) is 4.98 Å². The summed E-state index contributed by atoms with van der Waals surface area (Å²) in [7, 11) is 0. The summed E-state index contributed by atoms with van der Waals surface area (Å²) in [5.41, 5.74) is 1.09. The van der Waals surface area contributed by atoms with Crippen molar-refractivity contribution in [2.45, 2.75) is 26.8 Å². The monoisotopic (exact) mass is 558 g/mol. The van der Waals surface area contributed by atoms with E-state index in [-0.39, 0.29) is 27.8 Å². The lowest BCUT2D eigenvalue weighted by atomic mass is 9.95. The number of anilines is 1. The number of hydrogen-bond donors (Lipinski definition) is 1. The van der Waals surface area contributed by atoms with Gasteiger partial charge < -0.3 is 9.84 Å². The van der Waals surface area contributed by atoms with Crippen molar-refractivity contribution in [1.29, 1.82) is 0 Å². The van der Waals surface area contributed by atoms with Crippen LogP contribution in [0.4, 0.5) is 9.52 Å². The molecule has 2 aromatic carbocycles. The van der Waals surface area contributed by atoms with E-state index in [1.165, 1.54) is 12.1 Å². The molecular formula is C25H20BrFN2O5S. The number of esters is 1. The number of rotatable bonds is 5. The summed E-state index contributed by atoms with van der Waals surface area (Å²) in [5, 5.41) is 11.2. The first-order valence-electron chi connectivity index (χ1n) is 10.6. The number of ketones is 1. The molecule has 35 heavy (non-hydrogen) atoms. The third kappa shape index (κ3) is 4.51. The Morgan fingerprint density at radius 1 is 1.23 bits per heavy atom. The molecule has 1 aliphatic rings. The number of thiazole rings is 1. The second-order valence-corrected chi connectivity index (χ2v) is 9.71. The molecule has 2 heterocycles. The first-order chi connectivity index (χ1) is 16.6. The Morgan fingerprint density at radius 3 is 2.63 bits per heavy atom. The van der Waals surface area contributed by atoms with Gasteiger partial charge in [0.2, 0.25) is 0 Å². The minimum Gasteiger partial charge on any atom is -0.507 e. The predicted octanol–water partition coefficient (Wildman–Crippen LogP) is 5.46. The molecule has 0 radical (unpaired) electrons. The summed E-state index contributed by atoms with van der Waals surface area (Å²) in [4.78, 5) is 44.5. The summed E-state index contributed by atoms with van der Waals surface area (Å²) in [6, 6.07) is 9.92. The van der Waals surface area contributed by atoms with Gasteiger partial charge in [0.1, 0.15) is 16.5 Å². The maximum absolute atomic E-state index is 14.2. The lowest BCUT2D eigenvalue weighted by Gasteiger charge is -2.23. The van der Waals surface area contributed by atoms with Gasteiger partial charge in [0.05, 0.1) is 23.9 Å². The van der Waals surface area contributed by atoms with Crippen LogP contribution in [0.2, 0.25) is 0 Å². The maximum Gasteiger partial charge on any atom is 0.350 e. The van der Waals surface area contributed by atoms with Crippen LogP contribution in [-0.2, 0) is 14.3 Å². The highest BCUT2D eigenvalue weighted by atomic mass is 79.9. The van der Waals surface area contributed by atoms with Crippen LogP contribution in [0.1, 0.15) is 45.0 Å². The average Bonchev–Trinajstić information content (AvgIpc) is 3.32. The van der Waals surface area contributed by atoms with E-state index < -0.39 is 35.3 Å². The minimum atomic E-state index is -1.06. The topological polar surface area (TPSA) is 96.8 Å². The first kappa shape index (κ1) is 24.7. The predicted molar refractivity (Wildman–Crippen MR) is 133 cm³/mol. The molecule has 7 nitrogen and oxygen atoms in total. The maximum atomic E-state index is 14.2. The number of aryl methyl sites for hydroxylation is 2. The van der Waals surface area contributed by atoms with Crippen molar-refractivity contribution >= 4 is 55.8 Å². The fraction of sp³-hybridized carbons (Fsp3) is 0.200. The van der Waals surface area contributed by atoms with E-state index in [2.05, 4.69) is 20.9 Å². The number of carbonyl (C=O) groups excluding carboxylic acids is 3. The van der Waals surface area contributed by atoms with E-state index in [0.717, 1.165) is 22.3 Å². The Labute approximate surface area is 213 Å². The number of ether oxygens (including phenoxy) is 1. The van der Waals surface area contributed by atoms with Crippen LogP contribution in [0, 0.1) is 19.7 Å². The van der Waals surface area contributed by atoms with Crippen LogP contribution >= 0.6 is 27.3 Å². The molecule has 0 aliphatic carbocycles. The Morgan fingerprint density at radius 2 is 1.97 bits per heavy atom. The molecule has 1 aromatic heterocycles. The van der Waals surface area contributed by atoms with Gasteiger partial charge in [-0.3, -0.25) is 14.5 Å². The number of nitrogens with zero attached hydrogens (tertiary/aromatic N) is 2. The highest BCUT2D eigenvalue weighted by Crippen LogP contribution is 2.44. The molecule has 1 atom stereocenters. The zero-order chi connectivity index (χ0) is 25.4. The Bertz CT molecular complexity index is 1400. The van der Waals surface area contributed by atoms with Gasteiger partial charge in [0.25, 0.3) is 5.78 Å². The zero-order valence-electron chi connectivity index (χ0n) is 19.0. The summed E-state index contributed by atoms with van der Waals surface area (Å²) in [5.74, 6) is -3.52. The van der Waals surface area contributed by atoms with Crippen molar-refractivity contribution in [3.8, 4) is 0 Å². The molecule has 10 heteroatoms. The van der Waals surface area contributed by atoms with Crippen LogP contribution in [-0.4, -0.2) is 34.4 Å². The summed E-state index contributed by atoms with van der Waals surface area (Å²) in [6.07, 6.45) is 0. The first-order valence-corrected chi connectivity index (χ1v) is 12.2. The molecule has 1 N–H and O–H groups in total. The molecule has 1 amide bonds. The highest BCUT2D eigenvalue weighted by Gasteiger charge is 2.48. The number of benzene rings is 2. The quantitative estimate of drug-likeness (QED) is 0.193. The number of aliphatic hydroxyl groups excluding tert-OH is 1. The van der Waals surface area contributed by atoms with Gasteiger partial charge in [0, 0.05) is 10.0 Å². The van der Waals surface area contributed by atoms with Crippen molar-refractivity contribution in [2.75, 3.05) is 11.5 Å². The second-order valence-electron chi connectivity index (χ2n) is 7.82. The van der Waals surface area contributed by atoms with Crippen molar-refractivity contribution < 1.29 is 28.6 Å². The Balaban J connectivity index is 1.93. The largest absolute Gasteiger partial charge is 0.507 e. The van der Waals surface area contributed by atoms with Gasteiger partial charge in [-0.05, 0) is 50.1 Å². The van der Waals surface area contributed by atoms with Crippen LogP contribution in [0.3, 0.4) is 0 Å². The van der Waals surface area contributed by atoms with Gasteiger partial charge in [-0.1, -0.05) is 51.5 Å². The number of aliphatic hydroxyl groups is 1. The third-order valence-electron chi connectivity index (χ3n) is 5.51. The van der Waals surface area contributed by atoms with E-state index >= 15 is 0 Å².